The number of hydrogen-bond donors (Lipinski definition) is 2. The molecule has 11 heteroatoms. The molecule has 3 fully saturated rings. The number of methoxy groups -OCH3 is 1. The molecular weight excluding hydrogens is 438 g/mol. The molecule has 2 aromatic heterocycles. The van der Waals surface area contributed by atoms with Crippen LogP contribution in [0.1, 0.15) is 44.2 Å². The Morgan fingerprint density at radius 1 is 1.21 bits per heavy atom. The molecule has 0 unspecified atom stereocenters. The summed E-state index contributed by atoms with van der Waals surface area (Å²) < 4.78 is 16.7. The second kappa shape index (κ2) is 9.65. The molecule has 5 heterocycles. The SMILES string of the molecule is COC(=O)N1[C@@H]2CCC[C@H]1C[C@H](N(C)c1nc(Nc3cc(C)[nH]n3)cc(O[C@@H]3CCOC3)n1)C2. The van der Waals surface area contributed by atoms with Crippen molar-refractivity contribution in [1.29, 1.82) is 0 Å². The summed E-state index contributed by atoms with van der Waals surface area (Å²) in [5.41, 5.74) is 0.956. The molecular formula is C23H33N7O4. The highest BCUT2D eigenvalue weighted by Crippen LogP contribution is 2.37. The zero-order valence-corrected chi connectivity index (χ0v) is 20.0. The van der Waals surface area contributed by atoms with Crippen molar-refractivity contribution in [3.05, 3.63) is 17.8 Å². The van der Waals surface area contributed by atoms with Crippen LogP contribution in [0.3, 0.4) is 0 Å². The fourth-order valence-corrected chi connectivity index (χ4v) is 5.32. The monoisotopic (exact) mass is 471 g/mol. The van der Waals surface area contributed by atoms with E-state index >= 15 is 0 Å². The van der Waals surface area contributed by atoms with Gasteiger partial charge in [-0.15, -0.1) is 0 Å². The molecule has 3 saturated heterocycles. The standard InChI is InChI=1S/C23H33N7O4/c1-14-9-20(28-27-14)24-19-12-21(34-18-7-8-33-13-18)26-22(25-19)29(2)17-10-15-5-4-6-16(11-17)30(15)23(31)32-3/h9,12,15-18H,4-8,10-11,13H2,1-3H3,(H2,24,25,26,27,28)/t15-,16+,17-,18-/m1/s1. The molecule has 0 aliphatic carbocycles. The molecule has 11 nitrogen and oxygen atoms in total. The first-order valence-corrected chi connectivity index (χ1v) is 12.0. The molecule has 0 saturated carbocycles. The molecule has 2 aromatic rings. The summed E-state index contributed by atoms with van der Waals surface area (Å²) in [5, 5.41) is 10.5. The molecule has 3 aliphatic rings. The minimum absolute atomic E-state index is 0.0174. The highest BCUT2D eigenvalue weighted by atomic mass is 16.6. The third-order valence-electron chi connectivity index (χ3n) is 7.03. The van der Waals surface area contributed by atoms with Crippen LogP contribution >= 0.6 is 0 Å². The number of piperidine rings is 2. The Hall–Kier alpha value is -3.08. The Labute approximate surface area is 199 Å². The van der Waals surface area contributed by atoms with E-state index in [0.29, 0.717) is 36.7 Å². The van der Waals surface area contributed by atoms with E-state index in [1.54, 1.807) is 6.07 Å². The number of anilines is 3. The number of H-pyrrole nitrogens is 1. The zero-order chi connectivity index (χ0) is 23.7. The molecule has 0 aromatic carbocycles. The van der Waals surface area contributed by atoms with Crippen LogP contribution < -0.4 is 15.0 Å². The van der Waals surface area contributed by atoms with Gasteiger partial charge in [-0.05, 0) is 39.0 Å². The number of nitrogens with one attached hydrogen (secondary N) is 2. The highest BCUT2D eigenvalue weighted by molar-refractivity contribution is 5.68. The van der Waals surface area contributed by atoms with Crippen LogP contribution in [0.5, 0.6) is 5.88 Å². The molecule has 184 valence electrons. The van der Waals surface area contributed by atoms with Gasteiger partial charge in [-0.3, -0.25) is 5.10 Å². The Kier molecular flexibility index (Phi) is 6.44. The fourth-order valence-electron chi connectivity index (χ4n) is 5.32. The molecule has 34 heavy (non-hydrogen) atoms. The van der Waals surface area contributed by atoms with E-state index in [1.165, 1.54) is 7.11 Å². The lowest BCUT2D eigenvalue weighted by Crippen LogP contribution is -2.58. The van der Waals surface area contributed by atoms with Gasteiger partial charge in [0, 0.05) is 49.4 Å². The number of fused-ring (bicyclic) bond motifs is 2. The summed E-state index contributed by atoms with van der Waals surface area (Å²) in [6, 6.07) is 4.27. The summed E-state index contributed by atoms with van der Waals surface area (Å²) >= 11 is 0. The summed E-state index contributed by atoms with van der Waals surface area (Å²) in [6.45, 7) is 3.21. The summed E-state index contributed by atoms with van der Waals surface area (Å²) in [4.78, 5) is 26.0. The topological polar surface area (TPSA) is 118 Å². The number of hydrogen-bond acceptors (Lipinski definition) is 9. The van der Waals surface area contributed by atoms with Gasteiger partial charge in [0.25, 0.3) is 0 Å². The van der Waals surface area contributed by atoms with Crippen LogP contribution in [-0.4, -0.2) is 82.8 Å². The first kappa shape index (κ1) is 22.7. The minimum atomic E-state index is -0.220. The second-order valence-electron chi connectivity index (χ2n) is 9.41. The maximum atomic E-state index is 12.4. The van der Waals surface area contributed by atoms with Crippen molar-refractivity contribution in [3.63, 3.8) is 0 Å². The average molecular weight is 472 g/mol. The third-order valence-corrected chi connectivity index (χ3v) is 7.03. The van der Waals surface area contributed by atoms with Gasteiger partial charge in [-0.2, -0.15) is 15.1 Å². The van der Waals surface area contributed by atoms with Crippen LogP contribution in [0, 0.1) is 6.92 Å². The van der Waals surface area contributed by atoms with Crippen LogP contribution in [0.15, 0.2) is 12.1 Å². The maximum Gasteiger partial charge on any atom is 0.409 e. The molecule has 5 rings (SSSR count). The molecule has 3 aliphatic heterocycles. The number of carbonyl (C=O) groups excluding carboxylic acids is 1. The van der Waals surface area contributed by atoms with Crippen LogP contribution in [-0.2, 0) is 9.47 Å². The van der Waals surface area contributed by atoms with E-state index in [-0.39, 0.29) is 30.3 Å². The molecule has 1 amide bonds. The lowest BCUT2D eigenvalue weighted by Gasteiger charge is -2.49. The lowest BCUT2D eigenvalue weighted by molar-refractivity contribution is 0.0260. The number of nitrogens with zero attached hydrogens (tertiary/aromatic N) is 5. The molecule has 2 bridgehead atoms. The lowest BCUT2D eigenvalue weighted by atomic mass is 9.81. The van der Waals surface area contributed by atoms with Gasteiger partial charge < -0.3 is 29.3 Å². The summed E-state index contributed by atoms with van der Waals surface area (Å²) in [5.74, 6) is 2.39. The number of rotatable bonds is 6. The van der Waals surface area contributed by atoms with Gasteiger partial charge in [0.05, 0.1) is 20.3 Å². The highest BCUT2D eigenvalue weighted by Gasteiger charge is 2.43. The van der Waals surface area contributed by atoms with Gasteiger partial charge in [0.15, 0.2) is 5.82 Å². The van der Waals surface area contributed by atoms with Crippen molar-refractivity contribution in [1.82, 2.24) is 25.1 Å². The van der Waals surface area contributed by atoms with Crippen molar-refractivity contribution in [2.45, 2.75) is 69.7 Å². The van der Waals surface area contributed by atoms with E-state index in [0.717, 1.165) is 44.2 Å². The van der Waals surface area contributed by atoms with Gasteiger partial charge >= 0.3 is 6.09 Å². The predicted octanol–water partition coefficient (Wildman–Crippen LogP) is 3.01. The molecule has 4 atom stereocenters. The van der Waals surface area contributed by atoms with Crippen LogP contribution in [0.25, 0.3) is 0 Å². The number of carbonyl (C=O) groups is 1. The van der Waals surface area contributed by atoms with E-state index < -0.39 is 0 Å². The third kappa shape index (κ3) is 4.75. The van der Waals surface area contributed by atoms with E-state index in [1.807, 2.05) is 24.9 Å². The Bertz CT molecular complexity index is 995. The maximum absolute atomic E-state index is 12.4. The quantitative estimate of drug-likeness (QED) is 0.655. The van der Waals surface area contributed by atoms with Crippen molar-refractivity contribution < 1.29 is 19.0 Å². The molecule has 0 spiro atoms. The molecule has 0 radical (unpaired) electrons. The fraction of sp³-hybridized carbons (Fsp3) is 0.652. The van der Waals surface area contributed by atoms with Gasteiger partial charge in [0.1, 0.15) is 11.9 Å². The summed E-state index contributed by atoms with van der Waals surface area (Å²) in [7, 11) is 3.48. The Morgan fingerprint density at radius 3 is 2.65 bits per heavy atom. The smallest absolute Gasteiger partial charge is 0.409 e. The number of aryl methyl sites for hydroxylation is 1. The number of ether oxygens (including phenoxy) is 3. The first-order valence-electron chi connectivity index (χ1n) is 12.0. The van der Waals surface area contributed by atoms with Crippen molar-refractivity contribution in [2.24, 2.45) is 0 Å². The summed E-state index contributed by atoms with van der Waals surface area (Å²) in [6.07, 6.45) is 5.44. The predicted molar refractivity (Wildman–Crippen MR) is 126 cm³/mol. The van der Waals surface area contributed by atoms with Gasteiger partial charge in [-0.1, -0.05) is 0 Å². The second-order valence-corrected chi connectivity index (χ2v) is 9.41. The Morgan fingerprint density at radius 2 is 2.00 bits per heavy atom. The van der Waals surface area contributed by atoms with Crippen molar-refractivity contribution in [3.8, 4) is 5.88 Å². The van der Waals surface area contributed by atoms with E-state index in [9.17, 15) is 4.79 Å². The largest absolute Gasteiger partial charge is 0.472 e. The number of amides is 1. The Balaban J connectivity index is 1.38. The van der Waals surface area contributed by atoms with Crippen LogP contribution in [0.4, 0.5) is 22.4 Å². The first-order chi connectivity index (χ1) is 16.5. The molecule has 2 N–H and O–H groups in total. The van der Waals surface area contributed by atoms with Gasteiger partial charge in [-0.25, -0.2) is 4.79 Å². The van der Waals surface area contributed by atoms with Crippen molar-refractivity contribution in [2.75, 3.05) is 37.6 Å². The number of aromatic amines is 1. The van der Waals surface area contributed by atoms with E-state index in [4.69, 9.17) is 24.2 Å². The van der Waals surface area contributed by atoms with Crippen LogP contribution in [0.2, 0.25) is 0 Å². The normalized spacial score (nSPS) is 26.3. The minimum Gasteiger partial charge on any atom is -0.472 e. The van der Waals surface area contributed by atoms with E-state index in [2.05, 4.69) is 20.4 Å². The van der Waals surface area contributed by atoms with Crippen molar-refractivity contribution >= 4 is 23.7 Å². The zero-order valence-electron chi connectivity index (χ0n) is 20.0. The number of aromatic nitrogens is 4. The average Bonchev–Trinajstić information content (AvgIpc) is 3.48. The van der Waals surface area contributed by atoms with Gasteiger partial charge in [0.2, 0.25) is 11.8 Å².